The summed E-state index contributed by atoms with van der Waals surface area (Å²) in [5, 5.41) is 8.89. The molecule has 0 saturated heterocycles. The van der Waals surface area contributed by atoms with Gasteiger partial charge in [-0.15, -0.1) is 0 Å². The Morgan fingerprint density at radius 3 is 1.76 bits per heavy atom. The minimum absolute atomic E-state index is 0.0343. The third-order valence-corrected chi connectivity index (χ3v) is 7.40. The van der Waals surface area contributed by atoms with E-state index in [9.17, 15) is 13.2 Å². The molecule has 0 aromatic heterocycles. The zero-order valence-electron chi connectivity index (χ0n) is 23.3. The van der Waals surface area contributed by atoms with Crippen molar-refractivity contribution in [3.05, 3.63) is 142 Å². The monoisotopic (exact) mass is 582 g/mol. The Kier molecular flexibility index (Phi) is 12.9. The van der Waals surface area contributed by atoms with Crippen LogP contribution in [0.15, 0.2) is 109 Å². The standard InChI is InChI=1S/C20H23ClF3NO.C14H15N/c1-15(16-7-3-2-4-8-16)13-25(11-6-12-26)14-17-9-5-10-18(19(17)21)20(22,23)24;15-11-14(12-7-3-1-4-8-12)13-9-5-2-6-10-13/h2-5,7-10,15,26H,6,11-14H2,1H3;1-10,14H,11,15H2/t15-;/m1./s1. The molecule has 0 aliphatic rings. The van der Waals surface area contributed by atoms with Crippen LogP contribution in [-0.2, 0) is 12.7 Å². The Morgan fingerprint density at radius 2 is 1.29 bits per heavy atom. The molecule has 3 nitrogen and oxygen atoms in total. The number of alkyl halides is 3. The number of hydrogen-bond donors (Lipinski definition) is 2. The van der Waals surface area contributed by atoms with Gasteiger partial charge in [0.15, 0.2) is 0 Å². The van der Waals surface area contributed by atoms with Gasteiger partial charge in [-0.1, -0.05) is 122 Å². The van der Waals surface area contributed by atoms with Crippen molar-refractivity contribution in [2.24, 2.45) is 5.73 Å². The predicted octanol–water partition coefficient (Wildman–Crippen LogP) is 8.12. The van der Waals surface area contributed by atoms with Crippen LogP contribution in [0.25, 0.3) is 0 Å². The van der Waals surface area contributed by atoms with Gasteiger partial charge in [0.1, 0.15) is 0 Å². The first kappa shape index (κ1) is 32.4. The molecule has 0 fully saturated rings. The lowest BCUT2D eigenvalue weighted by Gasteiger charge is -2.27. The lowest BCUT2D eigenvalue weighted by atomic mass is 9.92. The normalized spacial score (nSPS) is 12.2. The molecular formula is C34H38ClF3N2O. The van der Waals surface area contributed by atoms with Gasteiger partial charge in [0.2, 0.25) is 0 Å². The van der Waals surface area contributed by atoms with Gasteiger partial charge in [-0.2, -0.15) is 13.2 Å². The van der Waals surface area contributed by atoms with Crippen molar-refractivity contribution in [3.8, 4) is 0 Å². The highest BCUT2D eigenvalue weighted by molar-refractivity contribution is 6.32. The Labute approximate surface area is 246 Å². The molecule has 4 aromatic carbocycles. The van der Waals surface area contributed by atoms with Gasteiger partial charge in [0.25, 0.3) is 0 Å². The highest BCUT2D eigenvalue weighted by Crippen LogP contribution is 2.36. The van der Waals surface area contributed by atoms with Gasteiger partial charge in [-0.3, -0.25) is 4.90 Å². The van der Waals surface area contributed by atoms with Crippen LogP contribution in [0.4, 0.5) is 13.2 Å². The lowest BCUT2D eigenvalue weighted by molar-refractivity contribution is -0.137. The maximum absolute atomic E-state index is 13.1. The molecule has 0 aliphatic carbocycles. The van der Waals surface area contributed by atoms with E-state index in [1.165, 1.54) is 17.2 Å². The maximum atomic E-state index is 13.1. The third kappa shape index (κ3) is 10.0. The highest BCUT2D eigenvalue weighted by Gasteiger charge is 2.34. The number of aliphatic hydroxyl groups excluding tert-OH is 1. The number of halogens is 4. The summed E-state index contributed by atoms with van der Waals surface area (Å²) in [4.78, 5) is 2.04. The van der Waals surface area contributed by atoms with Crippen molar-refractivity contribution in [3.63, 3.8) is 0 Å². The second kappa shape index (κ2) is 16.3. The van der Waals surface area contributed by atoms with Crippen LogP contribution >= 0.6 is 11.6 Å². The molecule has 0 unspecified atom stereocenters. The molecule has 0 bridgehead atoms. The van der Waals surface area contributed by atoms with E-state index in [1.54, 1.807) is 6.07 Å². The molecule has 218 valence electrons. The summed E-state index contributed by atoms with van der Waals surface area (Å²) >= 11 is 6.03. The Morgan fingerprint density at radius 1 is 0.780 bits per heavy atom. The van der Waals surface area contributed by atoms with Gasteiger partial charge in [-0.05, 0) is 40.7 Å². The average Bonchev–Trinajstić information content (AvgIpc) is 2.98. The first-order valence-corrected chi connectivity index (χ1v) is 14.1. The molecule has 4 rings (SSSR count). The van der Waals surface area contributed by atoms with Crippen LogP contribution in [0, 0.1) is 0 Å². The summed E-state index contributed by atoms with van der Waals surface area (Å²) in [6, 6.07) is 34.8. The Hall–Kier alpha value is -3.16. The summed E-state index contributed by atoms with van der Waals surface area (Å²) in [5.74, 6) is 0.520. The fraction of sp³-hybridized carbons (Fsp3) is 0.294. The molecule has 3 N–H and O–H groups in total. The van der Waals surface area contributed by atoms with E-state index in [-0.39, 0.29) is 17.5 Å². The van der Waals surface area contributed by atoms with Crippen LogP contribution < -0.4 is 5.73 Å². The van der Waals surface area contributed by atoms with E-state index in [1.807, 2.05) is 47.4 Å². The van der Waals surface area contributed by atoms with Crippen molar-refractivity contribution >= 4 is 11.6 Å². The molecule has 0 amide bonds. The molecular weight excluding hydrogens is 545 g/mol. The van der Waals surface area contributed by atoms with Crippen LogP contribution in [-0.4, -0.2) is 36.2 Å². The summed E-state index contributed by atoms with van der Waals surface area (Å²) in [7, 11) is 0. The van der Waals surface area contributed by atoms with Crippen molar-refractivity contribution in [2.75, 3.05) is 26.2 Å². The van der Waals surface area contributed by atoms with Crippen molar-refractivity contribution in [1.29, 1.82) is 0 Å². The van der Waals surface area contributed by atoms with E-state index in [2.05, 4.69) is 55.5 Å². The second-order valence-corrected chi connectivity index (χ2v) is 10.4. The smallest absolute Gasteiger partial charge is 0.396 e. The molecule has 0 heterocycles. The molecule has 0 aliphatic heterocycles. The number of benzene rings is 4. The fourth-order valence-electron chi connectivity index (χ4n) is 4.80. The van der Waals surface area contributed by atoms with E-state index < -0.39 is 11.7 Å². The maximum Gasteiger partial charge on any atom is 0.417 e. The van der Waals surface area contributed by atoms with Crippen LogP contribution in [0.5, 0.6) is 0 Å². The lowest BCUT2D eigenvalue weighted by Crippen LogP contribution is -2.29. The van der Waals surface area contributed by atoms with E-state index in [0.29, 0.717) is 44.1 Å². The van der Waals surface area contributed by atoms with Crippen molar-refractivity contribution < 1.29 is 18.3 Å². The van der Waals surface area contributed by atoms with Gasteiger partial charge in [0.05, 0.1) is 10.6 Å². The first-order valence-electron chi connectivity index (χ1n) is 13.8. The van der Waals surface area contributed by atoms with E-state index in [0.717, 1.165) is 11.6 Å². The van der Waals surface area contributed by atoms with Gasteiger partial charge < -0.3 is 10.8 Å². The summed E-state index contributed by atoms with van der Waals surface area (Å²) in [6.45, 7) is 4.31. The third-order valence-electron chi connectivity index (χ3n) is 6.95. The number of rotatable bonds is 11. The summed E-state index contributed by atoms with van der Waals surface area (Å²) < 4.78 is 39.2. The molecule has 0 spiro atoms. The van der Waals surface area contributed by atoms with Gasteiger partial charge >= 0.3 is 6.18 Å². The molecule has 4 aromatic rings. The quantitative estimate of drug-likeness (QED) is 0.188. The SMILES string of the molecule is C[C@H](CN(CCCO)Cc1cccc(C(F)(F)F)c1Cl)c1ccccc1.NCC(c1ccccc1)c1ccccc1. The molecule has 7 heteroatoms. The predicted molar refractivity (Wildman–Crippen MR) is 162 cm³/mol. The van der Waals surface area contributed by atoms with Crippen LogP contribution in [0.2, 0.25) is 5.02 Å². The minimum Gasteiger partial charge on any atom is -0.396 e. The number of nitrogens with two attached hydrogens (primary N) is 1. The number of aliphatic hydroxyl groups is 1. The van der Waals surface area contributed by atoms with E-state index >= 15 is 0 Å². The fourth-order valence-corrected chi connectivity index (χ4v) is 5.09. The van der Waals surface area contributed by atoms with Gasteiger partial charge in [-0.25, -0.2) is 0 Å². The van der Waals surface area contributed by atoms with Crippen LogP contribution in [0.3, 0.4) is 0 Å². The molecule has 0 saturated carbocycles. The minimum atomic E-state index is -4.47. The second-order valence-electron chi connectivity index (χ2n) is 10.0. The largest absolute Gasteiger partial charge is 0.417 e. The first-order chi connectivity index (χ1) is 19.7. The van der Waals surface area contributed by atoms with Crippen molar-refractivity contribution in [2.45, 2.75) is 37.9 Å². The van der Waals surface area contributed by atoms with E-state index in [4.69, 9.17) is 22.4 Å². The Bertz CT molecular complexity index is 1250. The number of hydrogen-bond acceptors (Lipinski definition) is 3. The topological polar surface area (TPSA) is 49.5 Å². The zero-order valence-corrected chi connectivity index (χ0v) is 24.0. The summed E-state index contributed by atoms with van der Waals surface area (Å²) in [6.07, 6.45) is -3.92. The number of nitrogens with zero attached hydrogens (tertiary/aromatic N) is 1. The van der Waals surface area contributed by atoms with Crippen molar-refractivity contribution in [1.82, 2.24) is 4.90 Å². The Balaban J connectivity index is 0.000000260. The molecule has 1 atom stereocenters. The van der Waals surface area contributed by atoms with Crippen LogP contribution in [0.1, 0.15) is 53.0 Å². The highest BCUT2D eigenvalue weighted by atomic mass is 35.5. The summed E-state index contributed by atoms with van der Waals surface area (Å²) in [5.41, 5.74) is 9.20. The zero-order chi connectivity index (χ0) is 29.7. The molecule has 0 radical (unpaired) electrons. The van der Waals surface area contributed by atoms with Gasteiger partial charge in [0, 0.05) is 38.7 Å². The average molecular weight is 583 g/mol. The molecule has 41 heavy (non-hydrogen) atoms.